The van der Waals surface area contributed by atoms with Crippen LogP contribution in [0.25, 0.3) is 10.4 Å². The first-order chi connectivity index (χ1) is 6.88. The van der Waals surface area contributed by atoms with Gasteiger partial charge < -0.3 is 5.11 Å². The first-order valence-electron chi connectivity index (χ1n) is 4.43. The number of nitrogens with zero attached hydrogens (tertiary/aromatic N) is 4. The van der Waals surface area contributed by atoms with Crippen LogP contribution < -0.4 is 0 Å². The third-order valence-corrected chi connectivity index (χ3v) is 1.90. The Labute approximate surface area is 82.0 Å². The summed E-state index contributed by atoms with van der Waals surface area (Å²) in [5.41, 5.74) is 9.26. The molecule has 1 aromatic heterocycles. The molecule has 74 valence electrons. The molecule has 1 unspecified atom stereocenters. The average Bonchev–Trinajstić information content (AvgIpc) is 2.25. The highest BCUT2D eigenvalue weighted by molar-refractivity contribution is 5.13. The fourth-order valence-electron chi connectivity index (χ4n) is 1.21. The number of aliphatic hydroxyl groups excluding tert-OH is 1. The van der Waals surface area contributed by atoms with Crippen LogP contribution in [0.3, 0.4) is 0 Å². The minimum atomic E-state index is -0.221. The van der Waals surface area contributed by atoms with E-state index in [0.29, 0.717) is 12.8 Å². The predicted molar refractivity (Wildman–Crippen MR) is 52.4 cm³/mol. The van der Waals surface area contributed by atoms with E-state index in [2.05, 4.69) is 15.0 Å². The Morgan fingerprint density at radius 3 is 3.07 bits per heavy atom. The van der Waals surface area contributed by atoms with Crippen LogP contribution in [-0.2, 0) is 0 Å². The van der Waals surface area contributed by atoms with Crippen LogP contribution >= 0.6 is 0 Å². The van der Waals surface area contributed by atoms with Gasteiger partial charge in [-0.2, -0.15) is 0 Å². The van der Waals surface area contributed by atoms with Gasteiger partial charge in [0.15, 0.2) is 0 Å². The lowest BCUT2D eigenvalue weighted by molar-refractivity contribution is 0.280. The molecule has 14 heavy (non-hydrogen) atoms. The summed E-state index contributed by atoms with van der Waals surface area (Å²) in [6.07, 6.45) is 4.62. The minimum Gasteiger partial charge on any atom is -0.396 e. The molecule has 0 spiro atoms. The topological polar surface area (TPSA) is 81.9 Å². The first kappa shape index (κ1) is 10.5. The molecule has 1 atom stereocenters. The second-order valence-electron chi connectivity index (χ2n) is 2.87. The molecule has 0 aliphatic heterocycles. The summed E-state index contributed by atoms with van der Waals surface area (Å²) < 4.78 is 0. The average molecular weight is 192 g/mol. The fourth-order valence-corrected chi connectivity index (χ4v) is 1.21. The van der Waals surface area contributed by atoms with E-state index in [-0.39, 0.29) is 12.6 Å². The molecule has 0 amide bonds. The van der Waals surface area contributed by atoms with E-state index in [4.69, 9.17) is 10.6 Å². The molecular weight excluding hydrogens is 180 g/mol. The third kappa shape index (κ3) is 3.05. The Kier molecular flexibility index (Phi) is 4.47. The van der Waals surface area contributed by atoms with Crippen LogP contribution in [0.4, 0.5) is 0 Å². The number of aliphatic hydroxyl groups is 1. The molecule has 5 nitrogen and oxygen atoms in total. The van der Waals surface area contributed by atoms with Crippen molar-refractivity contribution in [1.29, 1.82) is 0 Å². The lowest BCUT2D eigenvalue weighted by Crippen LogP contribution is -1.96. The highest BCUT2D eigenvalue weighted by Gasteiger charge is 2.08. The largest absolute Gasteiger partial charge is 0.396 e. The van der Waals surface area contributed by atoms with Crippen molar-refractivity contribution in [2.24, 2.45) is 5.11 Å². The van der Waals surface area contributed by atoms with Gasteiger partial charge in [-0.05, 0) is 30.0 Å². The van der Waals surface area contributed by atoms with Gasteiger partial charge in [-0.15, -0.1) is 0 Å². The summed E-state index contributed by atoms with van der Waals surface area (Å²) in [7, 11) is 0. The Balaban J connectivity index is 2.72. The van der Waals surface area contributed by atoms with Gasteiger partial charge in [0.25, 0.3) is 0 Å². The molecule has 0 saturated carbocycles. The SMILES string of the molecule is [N-]=[N+]=NC(CCCO)c1cccnc1. The molecule has 0 aromatic carbocycles. The number of pyridine rings is 1. The number of aromatic nitrogens is 1. The molecule has 1 heterocycles. The van der Waals surface area contributed by atoms with Crippen LogP contribution in [-0.4, -0.2) is 16.7 Å². The van der Waals surface area contributed by atoms with Gasteiger partial charge >= 0.3 is 0 Å². The smallest absolute Gasteiger partial charge is 0.0641 e. The molecule has 0 aliphatic carbocycles. The Morgan fingerprint density at radius 2 is 2.50 bits per heavy atom. The molecule has 0 bridgehead atoms. The van der Waals surface area contributed by atoms with Crippen LogP contribution in [0.1, 0.15) is 24.4 Å². The van der Waals surface area contributed by atoms with Crippen molar-refractivity contribution in [3.05, 3.63) is 40.5 Å². The summed E-state index contributed by atoms with van der Waals surface area (Å²) in [6, 6.07) is 3.44. The summed E-state index contributed by atoms with van der Waals surface area (Å²) >= 11 is 0. The van der Waals surface area contributed by atoms with Gasteiger partial charge in [-0.25, -0.2) is 0 Å². The van der Waals surface area contributed by atoms with E-state index >= 15 is 0 Å². The van der Waals surface area contributed by atoms with Gasteiger partial charge in [0, 0.05) is 23.9 Å². The summed E-state index contributed by atoms with van der Waals surface area (Å²) in [5, 5.41) is 12.3. The fraction of sp³-hybridized carbons (Fsp3) is 0.444. The zero-order valence-electron chi connectivity index (χ0n) is 7.74. The highest BCUT2D eigenvalue weighted by Crippen LogP contribution is 2.21. The molecule has 0 aliphatic rings. The second kappa shape index (κ2) is 5.96. The van der Waals surface area contributed by atoms with Crippen molar-refractivity contribution in [2.75, 3.05) is 6.61 Å². The Hall–Kier alpha value is -1.58. The van der Waals surface area contributed by atoms with E-state index in [1.165, 1.54) is 0 Å². The van der Waals surface area contributed by atoms with Gasteiger partial charge in [-0.1, -0.05) is 11.2 Å². The third-order valence-electron chi connectivity index (χ3n) is 1.90. The summed E-state index contributed by atoms with van der Waals surface area (Å²) in [6.45, 7) is 0.109. The van der Waals surface area contributed by atoms with Gasteiger partial charge in [0.1, 0.15) is 0 Å². The first-order valence-corrected chi connectivity index (χ1v) is 4.43. The maximum Gasteiger partial charge on any atom is 0.0641 e. The van der Waals surface area contributed by atoms with Crippen molar-refractivity contribution in [3.8, 4) is 0 Å². The number of azide groups is 1. The van der Waals surface area contributed by atoms with Crippen molar-refractivity contribution >= 4 is 0 Å². The lowest BCUT2D eigenvalue weighted by Gasteiger charge is -2.09. The van der Waals surface area contributed by atoms with E-state index in [1.807, 2.05) is 6.07 Å². The minimum absolute atomic E-state index is 0.109. The molecule has 1 aromatic rings. The highest BCUT2D eigenvalue weighted by atomic mass is 16.2. The van der Waals surface area contributed by atoms with Crippen molar-refractivity contribution < 1.29 is 5.11 Å². The zero-order chi connectivity index (χ0) is 10.2. The van der Waals surface area contributed by atoms with E-state index < -0.39 is 0 Å². The number of rotatable bonds is 5. The Morgan fingerprint density at radius 1 is 1.64 bits per heavy atom. The number of hydrogen-bond acceptors (Lipinski definition) is 3. The normalized spacial score (nSPS) is 11.8. The van der Waals surface area contributed by atoms with Crippen molar-refractivity contribution in [2.45, 2.75) is 18.9 Å². The molecule has 1 N–H and O–H groups in total. The van der Waals surface area contributed by atoms with E-state index in [0.717, 1.165) is 5.56 Å². The molecular formula is C9H12N4O. The molecule has 0 fully saturated rings. The lowest BCUT2D eigenvalue weighted by atomic mass is 10.1. The summed E-state index contributed by atoms with van der Waals surface area (Å²) in [4.78, 5) is 6.73. The maximum atomic E-state index is 8.68. The van der Waals surface area contributed by atoms with Gasteiger partial charge in [0.2, 0.25) is 0 Å². The van der Waals surface area contributed by atoms with Crippen molar-refractivity contribution in [1.82, 2.24) is 4.98 Å². The molecule has 1 rings (SSSR count). The molecule has 0 saturated heterocycles. The van der Waals surface area contributed by atoms with Crippen LogP contribution in [0.5, 0.6) is 0 Å². The quantitative estimate of drug-likeness (QED) is 0.440. The van der Waals surface area contributed by atoms with Crippen LogP contribution in [0, 0.1) is 0 Å². The van der Waals surface area contributed by atoms with E-state index in [9.17, 15) is 0 Å². The molecule has 0 radical (unpaired) electrons. The van der Waals surface area contributed by atoms with Gasteiger partial charge in [-0.3, -0.25) is 4.98 Å². The van der Waals surface area contributed by atoms with Gasteiger partial charge in [0.05, 0.1) is 6.04 Å². The maximum absolute atomic E-state index is 8.68. The van der Waals surface area contributed by atoms with Crippen LogP contribution in [0.15, 0.2) is 29.6 Å². The standard InChI is InChI=1S/C9H12N4O/c10-13-12-9(4-2-6-14)8-3-1-5-11-7-8/h1,3,5,7,9,14H,2,4,6H2. The monoisotopic (exact) mass is 192 g/mol. The Bertz CT molecular complexity index is 308. The second-order valence-corrected chi connectivity index (χ2v) is 2.87. The number of hydrogen-bond donors (Lipinski definition) is 1. The van der Waals surface area contributed by atoms with Crippen molar-refractivity contribution in [3.63, 3.8) is 0 Å². The van der Waals surface area contributed by atoms with E-state index in [1.54, 1.807) is 18.5 Å². The zero-order valence-corrected chi connectivity index (χ0v) is 7.74. The molecule has 5 heteroatoms. The predicted octanol–water partition coefficient (Wildman–Crippen LogP) is 2.21. The van der Waals surface area contributed by atoms with Crippen LogP contribution in [0.2, 0.25) is 0 Å². The summed E-state index contributed by atoms with van der Waals surface area (Å²) in [5.74, 6) is 0.